The van der Waals surface area contributed by atoms with Crippen molar-refractivity contribution in [2.45, 2.75) is 52.0 Å². The number of rotatable bonds is 7. The average molecular weight is 396 g/mol. The van der Waals surface area contributed by atoms with E-state index in [1.807, 2.05) is 0 Å². The van der Waals surface area contributed by atoms with E-state index in [2.05, 4.69) is 57.6 Å². The van der Waals surface area contributed by atoms with Gasteiger partial charge in [0.2, 0.25) is 0 Å². The molecule has 0 spiro atoms. The second kappa shape index (κ2) is 8.66. The molecule has 0 aromatic carbocycles. The summed E-state index contributed by atoms with van der Waals surface area (Å²) in [5.41, 5.74) is 2.32. The highest BCUT2D eigenvalue weighted by molar-refractivity contribution is 5.92. The molecule has 2 N–H and O–H groups in total. The third-order valence-corrected chi connectivity index (χ3v) is 6.61. The molecule has 3 aliphatic rings. The number of carbonyl (C=O) groups excluding carboxylic acids is 1. The Morgan fingerprint density at radius 2 is 2.21 bits per heavy atom. The van der Waals surface area contributed by atoms with E-state index < -0.39 is 0 Å². The lowest BCUT2D eigenvalue weighted by molar-refractivity contribution is 0.0943. The van der Waals surface area contributed by atoms with Crippen LogP contribution in [-0.2, 0) is 0 Å². The van der Waals surface area contributed by atoms with Gasteiger partial charge in [-0.05, 0) is 44.6 Å². The number of piperidine rings is 1. The normalized spacial score (nSPS) is 28.8. The van der Waals surface area contributed by atoms with Gasteiger partial charge in [-0.2, -0.15) is 0 Å². The van der Waals surface area contributed by atoms with Crippen LogP contribution in [0.15, 0.2) is 36.2 Å². The molecule has 156 valence electrons. The molecule has 1 amide bonds. The molecule has 1 atom stereocenters. The number of hydrogen-bond donors (Lipinski definition) is 2. The zero-order chi connectivity index (χ0) is 20.3. The van der Waals surface area contributed by atoms with Crippen LogP contribution in [0.25, 0.3) is 0 Å². The van der Waals surface area contributed by atoms with Crippen molar-refractivity contribution in [1.29, 1.82) is 0 Å². The van der Waals surface area contributed by atoms with Crippen LogP contribution in [0.5, 0.6) is 0 Å². The van der Waals surface area contributed by atoms with Crippen molar-refractivity contribution < 1.29 is 4.79 Å². The summed E-state index contributed by atoms with van der Waals surface area (Å²) in [7, 11) is 0. The van der Waals surface area contributed by atoms with Crippen LogP contribution < -0.4 is 10.6 Å². The summed E-state index contributed by atoms with van der Waals surface area (Å²) in [5, 5.41) is 6.41. The fraction of sp³-hybridized carbons (Fsp3) is 0.609. The van der Waals surface area contributed by atoms with Crippen LogP contribution in [0.2, 0.25) is 0 Å². The Morgan fingerprint density at radius 3 is 3.03 bits per heavy atom. The van der Waals surface area contributed by atoms with Gasteiger partial charge >= 0.3 is 0 Å². The second-order valence-electron chi connectivity index (χ2n) is 9.23. The van der Waals surface area contributed by atoms with Gasteiger partial charge in [-0.15, -0.1) is 0 Å². The first-order valence-corrected chi connectivity index (χ1v) is 11.0. The Kier molecular flexibility index (Phi) is 5.99. The van der Waals surface area contributed by atoms with Crippen molar-refractivity contribution >= 4 is 11.7 Å². The van der Waals surface area contributed by atoms with Crippen molar-refractivity contribution in [2.24, 2.45) is 11.3 Å². The largest absolute Gasteiger partial charge is 0.367 e. The number of aromatic nitrogens is 2. The Morgan fingerprint density at radius 1 is 1.34 bits per heavy atom. The van der Waals surface area contributed by atoms with Gasteiger partial charge in [-0.3, -0.25) is 4.79 Å². The molecule has 29 heavy (non-hydrogen) atoms. The lowest BCUT2D eigenvalue weighted by Gasteiger charge is -2.43. The van der Waals surface area contributed by atoms with E-state index in [0.717, 1.165) is 63.5 Å². The third-order valence-electron chi connectivity index (χ3n) is 6.61. The van der Waals surface area contributed by atoms with E-state index in [1.165, 1.54) is 6.33 Å². The number of amides is 1. The molecule has 0 bridgehead atoms. The first kappa shape index (κ1) is 20.1. The Balaban J connectivity index is 1.19. The van der Waals surface area contributed by atoms with E-state index >= 15 is 0 Å². The SMILES string of the molecule is C[C@]12CC=CC=C1CCN(CCCNC(=O)c1cc(N[C@H]3C[C@@H](C)C3)ncn1)C2. The number of nitrogens with one attached hydrogen (secondary N) is 2. The predicted octanol–water partition coefficient (Wildman–Crippen LogP) is 3.41. The molecular formula is C23H33N5O. The molecule has 2 fully saturated rings. The zero-order valence-corrected chi connectivity index (χ0v) is 17.7. The quantitative estimate of drug-likeness (QED) is 0.693. The number of hydrogen-bond acceptors (Lipinski definition) is 5. The minimum absolute atomic E-state index is 0.120. The highest BCUT2D eigenvalue weighted by Gasteiger charge is 2.34. The van der Waals surface area contributed by atoms with Crippen molar-refractivity contribution in [1.82, 2.24) is 20.2 Å². The van der Waals surface area contributed by atoms with E-state index in [-0.39, 0.29) is 5.91 Å². The number of nitrogens with zero attached hydrogens (tertiary/aromatic N) is 3. The van der Waals surface area contributed by atoms with Crippen molar-refractivity contribution in [3.05, 3.63) is 41.9 Å². The standard InChI is InChI=1S/C23H33N5O/c1-17-12-19(13-17)27-21-14-20(25-16-26-21)22(29)24-9-5-10-28-11-7-18-6-3-4-8-23(18,2)15-28/h3-4,6,14,16-17,19H,5,7-13,15H2,1-2H3,(H,24,29)(H,25,26,27)/t17-,19+,23-/m1/s1. The highest BCUT2D eigenvalue weighted by atomic mass is 16.1. The molecule has 1 aromatic heterocycles. The summed E-state index contributed by atoms with van der Waals surface area (Å²) >= 11 is 0. The minimum atomic E-state index is -0.120. The molecule has 2 aliphatic carbocycles. The minimum Gasteiger partial charge on any atom is -0.367 e. The molecule has 6 heteroatoms. The predicted molar refractivity (Wildman–Crippen MR) is 116 cm³/mol. The van der Waals surface area contributed by atoms with Crippen LogP contribution in [0.4, 0.5) is 5.82 Å². The van der Waals surface area contributed by atoms with Gasteiger partial charge in [0.25, 0.3) is 5.91 Å². The van der Waals surface area contributed by atoms with Gasteiger partial charge in [-0.25, -0.2) is 9.97 Å². The van der Waals surface area contributed by atoms with Gasteiger partial charge < -0.3 is 15.5 Å². The molecule has 1 saturated carbocycles. The Labute approximate surface area is 173 Å². The molecule has 1 aromatic rings. The van der Waals surface area contributed by atoms with Crippen LogP contribution in [0, 0.1) is 11.3 Å². The van der Waals surface area contributed by atoms with Gasteiger partial charge in [0, 0.05) is 37.2 Å². The van der Waals surface area contributed by atoms with E-state index in [0.29, 0.717) is 23.7 Å². The Hall–Kier alpha value is -2.21. The molecule has 2 heterocycles. The summed E-state index contributed by atoms with van der Waals surface area (Å²) < 4.78 is 0. The van der Waals surface area contributed by atoms with Crippen LogP contribution in [-0.4, -0.2) is 53.0 Å². The number of anilines is 1. The molecule has 6 nitrogen and oxygen atoms in total. The molecule has 4 rings (SSSR count). The molecule has 1 saturated heterocycles. The van der Waals surface area contributed by atoms with Gasteiger partial charge in [0.1, 0.15) is 17.8 Å². The second-order valence-corrected chi connectivity index (χ2v) is 9.23. The molecule has 1 aliphatic heterocycles. The van der Waals surface area contributed by atoms with Crippen LogP contribution in [0.3, 0.4) is 0 Å². The monoisotopic (exact) mass is 395 g/mol. The van der Waals surface area contributed by atoms with Crippen LogP contribution in [0.1, 0.15) is 56.4 Å². The fourth-order valence-corrected chi connectivity index (χ4v) is 4.82. The summed E-state index contributed by atoms with van der Waals surface area (Å²) in [6.07, 6.45) is 13.8. The van der Waals surface area contributed by atoms with Crippen molar-refractivity contribution in [2.75, 3.05) is 31.5 Å². The van der Waals surface area contributed by atoms with E-state index in [9.17, 15) is 4.79 Å². The number of likely N-dealkylation sites (tertiary alicyclic amines) is 1. The lowest BCUT2D eigenvalue weighted by Crippen LogP contribution is -2.44. The average Bonchev–Trinajstić information content (AvgIpc) is 2.69. The Bertz CT molecular complexity index is 798. The lowest BCUT2D eigenvalue weighted by atomic mass is 9.72. The maximum absolute atomic E-state index is 12.5. The van der Waals surface area contributed by atoms with Crippen LogP contribution >= 0.6 is 0 Å². The molecular weight excluding hydrogens is 362 g/mol. The number of carbonyl (C=O) groups is 1. The number of allylic oxidation sites excluding steroid dienone is 3. The van der Waals surface area contributed by atoms with Crippen molar-refractivity contribution in [3.8, 4) is 0 Å². The maximum atomic E-state index is 12.5. The maximum Gasteiger partial charge on any atom is 0.270 e. The molecule has 0 radical (unpaired) electrons. The van der Waals surface area contributed by atoms with Gasteiger partial charge in [0.05, 0.1) is 0 Å². The first-order chi connectivity index (χ1) is 14.0. The molecule has 0 unspecified atom stereocenters. The summed E-state index contributed by atoms with van der Waals surface area (Å²) in [6, 6.07) is 2.23. The van der Waals surface area contributed by atoms with E-state index in [1.54, 1.807) is 11.6 Å². The van der Waals surface area contributed by atoms with E-state index in [4.69, 9.17) is 0 Å². The third kappa shape index (κ3) is 4.86. The van der Waals surface area contributed by atoms with Gasteiger partial charge in [-0.1, -0.05) is 37.6 Å². The zero-order valence-electron chi connectivity index (χ0n) is 17.7. The topological polar surface area (TPSA) is 70.2 Å². The summed E-state index contributed by atoms with van der Waals surface area (Å²) in [4.78, 5) is 23.4. The van der Waals surface area contributed by atoms with Gasteiger partial charge in [0.15, 0.2) is 0 Å². The highest BCUT2D eigenvalue weighted by Crippen LogP contribution is 2.40. The smallest absolute Gasteiger partial charge is 0.270 e. The van der Waals surface area contributed by atoms with Crippen molar-refractivity contribution in [3.63, 3.8) is 0 Å². The fourth-order valence-electron chi connectivity index (χ4n) is 4.82. The summed E-state index contributed by atoms with van der Waals surface area (Å²) in [5.74, 6) is 1.40. The first-order valence-electron chi connectivity index (χ1n) is 11.0. The summed E-state index contributed by atoms with van der Waals surface area (Å²) in [6.45, 7) is 8.54. The number of fused-ring (bicyclic) bond motifs is 1.